The van der Waals surface area contributed by atoms with Crippen molar-refractivity contribution in [1.29, 1.82) is 0 Å². The minimum atomic E-state index is 0.757. The van der Waals surface area contributed by atoms with E-state index in [4.69, 9.17) is 23.2 Å². The lowest BCUT2D eigenvalue weighted by Crippen LogP contribution is -1.90. The maximum atomic E-state index is 6.44. The van der Waals surface area contributed by atoms with Gasteiger partial charge in [0.15, 0.2) is 0 Å². The van der Waals surface area contributed by atoms with Crippen molar-refractivity contribution in [1.82, 2.24) is 0 Å². The lowest BCUT2D eigenvalue weighted by atomic mass is 9.97. The molecule has 0 fully saturated rings. The Balaban J connectivity index is 2.31. The van der Waals surface area contributed by atoms with E-state index in [2.05, 4.69) is 25.1 Å². The summed E-state index contributed by atoms with van der Waals surface area (Å²) in [6, 6.07) is 14.2. The minimum Gasteiger partial charge on any atom is -0.0837 e. The van der Waals surface area contributed by atoms with Crippen molar-refractivity contribution < 1.29 is 0 Å². The highest BCUT2D eigenvalue weighted by Gasteiger charge is 2.23. The number of hydrogen-bond donors (Lipinski definition) is 0. The molecule has 0 unspecified atom stereocenters. The summed E-state index contributed by atoms with van der Waals surface area (Å²) in [7, 11) is 0. The molecule has 1 aliphatic rings. The number of allylic oxidation sites excluding steroid dienone is 1. The van der Waals surface area contributed by atoms with Gasteiger partial charge in [-0.2, -0.15) is 0 Å². The van der Waals surface area contributed by atoms with Crippen LogP contribution in [0.2, 0.25) is 5.02 Å². The number of hydrogen-bond acceptors (Lipinski definition) is 0. The number of fused-ring (bicyclic) bond motifs is 1. The van der Waals surface area contributed by atoms with Crippen molar-refractivity contribution in [2.75, 3.05) is 0 Å². The SMILES string of the molecule is CC1=C(Cl)c2c(ccc(Cl)c2-c2ccccc2)C1. The molecule has 0 heterocycles. The van der Waals surface area contributed by atoms with Crippen LogP contribution in [0.5, 0.6) is 0 Å². The quantitative estimate of drug-likeness (QED) is 0.641. The van der Waals surface area contributed by atoms with Crippen molar-refractivity contribution >= 4 is 28.2 Å². The van der Waals surface area contributed by atoms with Gasteiger partial charge in [0.25, 0.3) is 0 Å². The molecule has 0 aromatic heterocycles. The van der Waals surface area contributed by atoms with Gasteiger partial charge in [-0.25, -0.2) is 0 Å². The Labute approximate surface area is 117 Å². The molecule has 0 atom stereocenters. The maximum Gasteiger partial charge on any atom is 0.0491 e. The summed E-state index contributed by atoms with van der Waals surface area (Å²) < 4.78 is 0. The molecule has 0 radical (unpaired) electrons. The van der Waals surface area contributed by atoms with Crippen LogP contribution in [0, 0.1) is 0 Å². The second kappa shape index (κ2) is 4.46. The smallest absolute Gasteiger partial charge is 0.0491 e. The predicted octanol–water partition coefficient (Wildman–Crippen LogP) is 5.53. The lowest BCUT2D eigenvalue weighted by Gasteiger charge is -2.11. The summed E-state index contributed by atoms with van der Waals surface area (Å²) >= 11 is 12.8. The molecule has 0 nitrogen and oxygen atoms in total. The largest absolute Gasteiger partial charge is 0.0837 e. The van der Waals surface area contributed by atoms with Gasteiger partial charge in [0.2, 0.25) is 0 Å². The number of benzene rings is 2. The third-order valence-electron chi connectivity index (χ3n) is 3.35. The van der Waals surface area contributed by atoms with E-state index in [-0.39, 0.29) is 0 Å². The van der Waals surface area contributed by atoms with Crippen LogP contribution in [0.25, 0.3) is 16.2 Å². The zero-order chi connectivity index (χ0) is 12.7. The highest BCUT2D eigenvalue weighted by atomic mass is 35.5. The van der Waals surface area contributed by atoms with Crippen LogP contribution in [0.15, 0.2) is 48.0 Å². The predicted molar refractivity (Wildman–Crippen MR) is 79.0 cm³/mol. The summed E-state index contributed by atoms with van der Waals surface area (Å²) in [6.45, 7) is 2.07. The van der Waals surface area contributed by atoms with Crippen LogP contribution in [0.1, 0.15) is 18.1 Å². The molecule has 18 heavy (non-hydrogen) atoms. The summed E-state index contributed by atoms with van der Waals surface area (Å²) in [4.78, 5) is 0. The second-order valence-corrected chi connectivity index (χ2v) is 5.38. The fourth-order valence-electron chi connectivity index (χ4n) is 2.48. The molecule has 3 rings (SSSR count). The number of halogens is 2. The van der Waals surface area contributed by atoms with Crippen LogP contribution in [-0.2, 0) is 6.42 Å². The first-order valence-electron chi connectivity index (χ1n) is 5.91. The molecule has 0 bridgehead atoms. The minimum absolute atomic E-state index is 0.757. The summed E-state index contributed by atoms with van der Waals surface area (Å²) in [5.74, 6) is 0. The molecular weight excluding hydrogens is 263 g/mol. The van der Waals surface area contributed by atoms with Crippen LogP contribution in [-0.4, -0.2) is 0 Å². The van der Waals surface area contributed by atoms with Gasteiger partial charge < -0.3 is 0 Å². The third kappa shape index (κ3) is 1.77. The van der Waals surface area contributed by atoms with E-state index in [0.29, 0.717) is 0 Å². The first-order chi connectivity index (χ1) is 8.68. The molecule has 0 aliphatic heterocycles. The average Bonchev–Trinajstić information content (AvgIpc) is 2.67. The number of rotatable bonds is 1. The normalized spacial score (nSPS) is 13.9. The average molecular weight is 275 g/mol. The first-order valence-corrected chi connectivity index (χ1v) is 6.66. The van der Waals surface area contributed by atoms with Gasteiger partial charge in [0.05, 0.1) is 0 Å². The Morgan fingerprint density at radius 1 is 0.889 bits per heavy atom. The second-order valence-electron chi connectivity index (χ2n) is 4.59. The first kappa shape index (κ1) is 11.8. The van der Waals surface area contributed by atoms with E-state index in [1.54, 1.807) is 0 Å². The molecule has 0 saturated heterocycles. The van der Waals surface area contributed by atoms with Crippen LogP contribution in [0.4, 0.5) is 0 Å². The van der Waals surface area contributed by atoms with E-state index in [1.165, 1.54) is 11.1 Å². The molecule has 0 saturated carbocycles. The molecule has 2 aromatic rings. The molecule has 90 valence electrons. The van der Waals surface area contributed by atoms with Crippen LogP contribution < -0.4 is 0 Å². The molecule has 0 N–H and O–H groups in total. The molecule has 1 aliphatic carbocycles. The van der Waals surface area contributed by atoms with Crippen molar-refractivity contribution in [3.8, 4) is 11.1 Å². The van der Waals surface area contributed by atoms with Crippen molar-refractivity contribution in [3.05, 3.63) is 64.2 Å². The van der Waals surface area contributed by atoms with Crippen LogP contribution >= 0.6 is 23.2 Å². The fourth-order valence-corrected chi connectivity index (χ4v) is 3.03. The highest BCUT2D eigenvalue weighted by Crippen LogP contribution is 2.44. The Hall–Kier alpha value is -1.24. The van der Waals surface area contributed by atoms with Gasteiger partial charge in [-0.05, 0) is 36.1 Å². The van der Waals surface area contributed by atoms with E-state index in [1.807, 2.05) is 24.3 Å². The van der Waals surface area contributed by atoms with Gasteiger partial charge in [-0.15, -0.1) is 0 Å². The van der Waals surface area contributed by atoms with Crippen molar-refractivity contribution in [3.63, 3.8) is 0 Å². The van der Waals surface area contributed by atoms with E-state index in [0.717, 1.165) is 33.2 Å². The lowest BCUT2D eigenvalue weighted by molar-refractivity contribution is 1.19. The topological polar surface area (TPSA) is 0 Å². The van der Waals surface area contributed by atoms with Gasteiger partial charge >= 0.3 is 0 Å². The van der Waals surface area contributed by atoms with E-state index < -0.39 is 0 Å². The fraction of sp³-hybridized carbons (Fsp3) is 0.125. The molecular formula is C16H12Cl2. The Morgan fingerprint density at radius 2 is 1.61 bits per heavy atom. The Morgan fingerprint density at radius 3 is 2.33 bits per heavy atom. The third-order valence-corrected chi connectivity index (χ3v) is 4.18. The molecule has 2 heteroatoms. The van der Waals surface area contributed by atoms with Gasteiger partial charge in [-0.1, -0.05) is 59.6 Å². The summed E-state index contributed by atoms with van der Waals surface area (Å²) in [5, 5.41) is 1.61. The van der Waals surface area contributed by atoms with Gasteiger partial charge in [-0.3, -0.25) is 0 Å². The summed E-state index contributed by atoms with van der Waals surface area (Å²) in [5.41, 5.74) is 5.75. The molecule has 2 aromatic carbocycles. The van der Waals surface area contributed by atoms with Gasteiger partial charge in [0.1, 0.15) is 0 Å². The Kier molecular flexibility index (Phi) is 2.93. The molecule has 0 spiro atoms. The van der Waals surface area contributed by atoms with Crippen molar-refractivity contribution in [2.24, 2.45) is 0 Å². The molecule has 0 amide bonds. The standard InChI is InChI=1S/C16H12Cl2/c1-10-9-12-7-8-13(17)14(15(12)16(10)18)11-5-3-2-4-6-11/h2-8H,9H2,1H3. The summed E-state index contributed by atoms with van der Waals surface area (Å²) in [6.07, 6.45) is 0.922. The monoisotopic (exact) mass is 274 g/mol. The van der Waals surface area contributed by atoms with Crippen molar-refractivity contribution in [2.45, 2.75) is 13.3 Å². The van der Waals surface area contributed by atoms with Gasteiger partial charge in [0, 0.05) is 21.2 Å². The zero-order valence-corrected chi connectivity index (χ0v) is 11.5. The Bertz CT molecular complexity index is 640. The maximum absolute atomic E-state index is 6.44. The van der Waals surface area contributed by atoms with E-state index >= 15 is 0 Å². The highest BCUT2D eigenvalue weighted by molar-refractivity contribution is 6.51. The zero-order valence-electron chi connectivity index (χ0n) is 10.0. The van der Waals surface area contributed by atoms with Crippen LogP contribution in [0.3, 0.4) is 0 Å². The van der Waals surface area contributed by atoms with E-state index in [9.17, 15) is 0 Å².